The molecule has 0 spiro atoms. The van der Waals surface area contributed by atoms with Crippen LogP contribution in [0.4, 0.5) is 0 Å². The summed E-state index contributed by atoms with van der Waals surface area (Å²) in [5, 5.41) is 101. The molecule has 1 unspecified atom stereocenters. The average Bonchev–Trinajstić information content (AvgIpc) is 3.16. The summed E-state index contributed by atoms with van der Waals surface area (Å²) in [5.41, 5.74) is -1.56. The molecule has 0 aliphatic carbocycles. The number of ether oxygens (including phenoxy) is 7. The van der Waals surface area contributed by atoms with Crippen molar-refractivity contribution in [2.45, 2.75) is 80.4 Å². The lowest BCUT2D eigenvalue weighted by Gasteiger charge is -2.43. The summed E-state index contributed by atoms with van der Waals surface area (Å²) in [6, 6.07) is 8.32. The summed E-state index contributed by atoms with van der Waals surface area (Å²) < 4.78 is 37.6. The van der Waals surface area contributed by atoms with Crippen LogP contribution in [-0.4, -0.2) is 163 Å². The summed E-state index contributed by atoms with van der Waals surface area (Å²) in [6.45, 7) is -1.04. The molecule has 308 valence electrons. The van der Waals surface area contributed by atoms with E-state index in [2.05, 4.69) is 0 Å². The Hall–Kier alpha value is -4.87. The van der Waals surface area contributed by atoms with Crippen molar-refractivity contribution in [1.29, 1.82) is 0 Å². The minimum Gasteiger partial charge on any atom is -0.508 e. The SMILES string of the molecule is COc1cc(/C=C/COC(=O)C(C)(CC(=O)O)O[C@@H]2O[C@H](CO)[C@@H](OC(=O)/C=C\c3ccc(O)cc3)[C@H](O)[C@H]2O)cc(O)c1O[C@@H]1O[C@H](CO)[C@@H](O)[C@H](O)[C@H]1O. The smallest absolute Gasteiger partial charge is 0.339 e. The molecule has 56 heavy (non-hydrogen) atoms. The number of hydrogen-bond donors (Lipinski definition) is 10. The number of carbonyl (C=O) groups excluding carboxylic acids is 2. The second-order valence-corrected chi connectivity index (χ2v) is 12.8. The standard InChI is InChI=1S/C36H44O20/c1-36(14-24(41)42,56-34-30(48)28(46)32(23(16-38)53-34)54-25(43)10-7-17-5-8-19(39)9-6-17)35(49)51-11-3-4-18-12-20(40)31(21(13-18)50-2)55-33-29(47)27(45)26(44)22(15-37)52-33/h3-10,12-13,22-23,26-30,32-34,37-40,44-48H,11,14-16H2,1-2H3,(H,41,42)/b4-3+,10-7-/t22-,23-,26-,27+,28-,29-,30-,32-,33+,34+,36?/m1/s1. The second-order valence-electron chi connectivity index (χ2n) is 12.8. The molecule has 0 saturated carbocycles. The maximum Gasteiger partial charge on any atom is 0.339 e. The van der Waals surface area contributed by atoms with Gasteiger partial charge in [0.25, 0.3) is 0 Å². The Bertz CT molecular complexity index is 1710. The van der Waals surface area contributed by atoms with Crippen LogP contribution in [-0.2, 0) is 38.1 Å². The molecular weight excluding hydrogens is 752 g/mol. The van der Waals surface area contributed by atoms with E-state index in [1.54, 1.807) is 0 Å². The van der Waals surface area contributed by atoms with Gasteiger partial charge in [-0.25, -0.2) is 9.59 Å². The number of methoxy groups -OCH3 is 1. The van der Waals surface area contributed by atoms with E-state index in [4.69, 9.17) is 33.2 Å². The summed E-state index contributed by atoms with van der Waals surface area (Å²) in [4.78, 5) is 37.4. The zero-order valence-corrected chi connectivity index (χ0v) is 29.9. The van der Waals surface area contributed by atoms with Gasteiger partial charge in [-0.3, -0.25) is 4.79 Å². The predicted octanol–water partition coefficient (Wildman–Crippen LogP) is -1.84. The van der Waals surface area contributed by atoms with E-state index in [0.29, 0.717) is 5.56 Å². The van der Waals surface area contributed by atoms with Crippen LogP contribution in [0.1, 0.15) is 24.5 Å². The number of phenols is 2. The lowest BCUT2D eigenvalue weighted by atomic mass is 9.97. The van der Waals surface area contributed by atoms with Crippen LogP contribution in [0.3, 0.4) is 0 Å². The molecule has 2 aromatic carbocycles. The van der Waals surface area contributed by atoms with Crippen molar-refractivity contribution >= 4 is 30.1 Å². The van der Waals surface area contributed by atoms with Gasteiger partial charge in [0.1, 0.15) is 55.1 Å². The molecule has 2 fully saturated rings. The van der Waals surface area contributed by atoms with Crippen molar-refractivity contribution in [3.8, 4) is 23.0 Å². The molecule has 0 amide bonds. The van der Waals surface area contributed by atoms with Gasteiger partial charge in [0, 0.05) is 6.08 Å². The third kappa shape index (κ3) is 10.7. The summed E-state index contributed by atoms with van der Waals surface area (Å²) in [6.07, 6.45) is -13.1. The van der Waals surface area contributed by atoms with E-state index in [1.807, 2.05) is 0 Å². The van der Waals surface area contributed by atoms with E-state index >= 15 is 0 Å². The van der Waals surface area contributed by atoms with Crippen molar-refractivity contribution in [3.63, 3.8) is 0 Å². The minimum absolute atomic E-state index is 0.00298. The monoisotopic (exact) mass is 796 g/mol. The lowest BCUT2D eigenvalue weighted by molar-refractivity contribution is -0.324. The molecule has 2 aliphatic heterocycles. The first kappa shape index (κ1) is 43.9. The fraction of sp³-hybridized carbons (Fsp3) is 0.472. The number of benzene rings is 2. The predicted molar refractivity (Wildman–Crippen MR) is 186 cm³/mol. The molecule has 11 atom stereocenters. The molecule has 2 heterocycles. The molecule has 4 rings (SSSR count). The average molecular weight is 797 g/mol. The summed E-state index contributed by atoms with van der Waals surface area (Å²) in [5.74, 6) is -4.69. The number of phenolic OH excluding ortho intramolecular Hbond substituents is 2. The number of esters is 2. The molecule has 2 saturated heterocycles. The zero-order valence-electron chi connectivity index (χ0n) is 29.9. The van der Waals surface area contributed by atoms with Crippen LogP contribution < -0.4 is 9.47 Å². The van der Waals surface area contributed by atoms with E-state index < -0.39 is 117 Å². The van der Waals surface area contributed by atoms with Crippen molar-refractivity contribution in [1.82, 2.24) is 0 Å². The van der Waals surface area contributed by atoms with Gasteiger partial charge in [0.15, 0.2) is 29.5 Å². The first-order valence-electron chi connectivity index (χ1n) is 16.9. The summed E-state index contributed by atoms with van der Waals surface area (Å²) >= 11 is 0. The Morgan fingerprint density at radius 3 is 2.09 bits per heavy atom. The normalized spacial score (nSPS) is 29.1. The minimum atomic E-state index is -2.34. The molecule has 10 N–H and O–H groups in total. The van der Waals surface area contributed by atoms with Gasteiger partial charge >= 0.3 is 17.9 Å². The molecule has 2 aromatic rings. The maximum atomic E-state index is 13.2. The highest BCUT2D eigenvalue weighted by atomic mass is 16.7. The molecule has 20 heteroatoms. The molecule has 0 radical (unpaired) electrons. The number of carbonyl (C=O) groups is 3. The van der Waals surface area contributed by atoms with Crippen molar-refractivity contribution in [2.75, 3.05) is 26.9 Å². The zero-order chi connectivity index (χ0) is 41.3. The quantitative estimate of drug-likeness (QED) is 0.0659. The number of aromatic hydroxyl groups is 2. The van der Waals surface area contributed by atoms with Gasteiger partial charge in [-0.2, -0.15) is 0 Å². The third-order valence-electron chi connectivity index (χ3n) is 8.66. The highest BCUT2D eigenvalue weighted by Gasteiger charge is 2.51. The van der Waals surface area contributed by atoms with Crippen LogP contribution in [0.25, 0.3) is 12.2 Å². The fourth-order valence-corrected chi connectivity index (χ4v) is 5.64. The number of rotatable bonds is 16. The lowest BCUT2D eigenvalue weighted by Crippen LogP contribution is -2.62. The highest BCUT2D eigenvalue weighted by Crippen LogP contribution is 2.40. The number of aliphatic carboxylic acids is 1. The Labute approximate surface area is 318 Å². The fourth-order valence-electron chi connectivity index (χ4n) is 5.64. The van der Waals surface area contributed by atoms with Crippen molar-refractivity contribution < 1.29 is 98.6 Å². The van der Waals surface area contributed by atoms with Crippen LogP contribution in [0, 0.1) is 0 Å². The van der Waals surface area contributed by atoms with E-state index in [9.17, 15) is 65.4 Å². The Balaban J connectivity index is 1.39. The number of hydrogen-bond acceptors (Lipinski definition) is 19. The summed E-state index contributed by atoms with van der Waals surface area (Å²) in [7, 11) is 1.23. The van der Waals surface area contributed by atoms with E-state index in [-0.39, 0.29) is 22.8 Å². The van der Waals surface area contributed by atoms with Crippen LogP contribution in [0.15, 0.2) is 48.6 Å². The molecule has 20 nitrogen and oxygen atoms in total. The first-order chi connectivity index (χ1) is 26.5. The van der Waals surface area contributed by atoms with Crippen LogP contribution >= 0.6 is 0 Å². The van der Waals surface area contributed by atoms with Crippen LogP contribution in [0.5, 0.6) is 23.0 Å². The van der Waals surface area contributed by atoms with Gasteiger partial charge < -0.3 is 84.2 Å². The number of carboxylic acids is 1. The molecule has 0 bridgehead atoms. The molecule has 2 aliphatic rings. The highest BCUT2D eigenvalue weighted by molar-refractivity contribution is 5.87. The van der Waals surface area contributed by atoms with Gasteiger partial charge in [-0.1, -0.05) is 18.2 Å². The van der Waals surface area contributed by atoms with Crippen molar-refractivity contribution in [3.05, 3.63) is 59.7 Å². The second kappa shape index (κ2) is 19.3. The topological polar surface area (TPSA) is 318 Å². The third-order valence-corrected chi connectivity index (χ3v) is 8.66. The Kier molecular flexibility index (Phi) is 15.1. The maximum absolute atomic E-state index is 13.2. The largest absolute Gasteiger partial charge is 0.508 e. The number of aliphatic hydroxyl groups is 7. The first-order valence-corrected chi connectivity index (χ1v) is 16.9. The van der Waals surface area contributed by atoms with Gasteiger partial charge in [-0.15, -0.1) is 0 Å². The van der Waals surface area contributed by atoms with Gasteiger partial charge in [0.2, 0.25) is 12.0 Å². The number of aliphatic hydroxyl groups excluding tert-OH is 7. The Morgan fingerprint density at radius 2 is 1.46 bits per heavy atom. The van der Waals surface area contributed by atoms with Gasteiger partial charge in [0.05, 0.1) is 26.7 Å². The van der Waals surface area contributed by atoms with E-state index in [1.165, 1.54) is 61.7 Å². The molecule has 0 aromatic heterocycles. The van der Waals surface area contributed by atoms with Crippen LogP contribution in [0.2, 0.25) is 0 Å². The Morgan fingerprint density at radius 1 is 0.821 bits per heavy atom. The van der Waals surface area contributed by atoms with E-state index in [0.717, 1.165) is 13.0 Å². The van der Waals surface area contributed by atoms with Gasteiger partial charge in [-0.05, 0) is 54.5 Å². The van der Waals surface area contributed by atoms with Crippen molar-refractivity contribution in [2.24, 2.45) is 0 Å². The molecular formula is C36H44O20. The number of carboxylic acid groups (broad SMARTS) is 1.